The molecule has 36 heavy (non-hydrogen) atoms. The summed E-state index contributed by atoms with van der Waals surface area (Å²) in [5.74, 6) is -1.79. The molecule has 0 radical (unpaired) electrons. The standard InChI is InChI=1S/C24H20F3N3O5S/c1-13-9-20(21(34-2)12-16(13)17-11-18(17)24(25,26)27)30-19-5-4-15(10-14(19)3-6-23(30)31)36(32,33)29-22-7-8-35-28-22/h3-10,12,17-18H,11H2,1-2H3,(H,28,29)/t17-,18+/m1/s1. The van der Waals surface area contributed by atoms with Gasteiger partial charge in [0.2, 0.25) is 0 Å². The molecule has 12 heteroatoms. The van der Waals surface area contributed by atoms with Gasteiger partial charge in [-0.05, 0) is 66.8 Å². The second-order valence-corrected chi connectivity index (χ2v) is 10.3. The van der Waals surface area contributed by atoms with E-state index < -0.39 is 33.6 Å². The first-order valence-electron chi connectivity index (χ1n) is 10.8. The smallest absolute Gasteiger partial charge is 0.392 e. The molecule has 2 aromatic carbocycles. The van der Waals surface area contributed by atoms with E-state index in [0.717, 1.165) is 0 Å². The molecule has 1 aliphatic rings. The molecule has 0 unspecified atom stereocenters. The van der Waals surface area contributed by atoms with Crippen LogP contribution in [0.5, 0.6) is 5.75 Å². The Hall–Kier alpha value is -3.80. The van der Waals surface area contributed by atoms with Crippen molar-refractivity contribution in [3.05, 3.63) is 76.3 Å². The lowest BCUT2D eigenvalue weighted by Crippen LogP contribution is -2.19. The van der Waals surface area contributed by atoms with Crippen LogP contribution in [-0.2, 0) is 10.0 Å². The number of pyridine rings is 1. The van der Waals surface area contributed by atoms with Gasteiger partial charge in [0.25, 0.3) is 15.6 Å². The number of anilines is 1. The molecule has 2 atom stereocenters. The lowest BCUT2D eigenvalue weighted by Gasteiger charge is -2.18. The van der Waals surface area contributed by atoms with Crippen molar-refractivity contribution in [2.75, 3.05) is 11.8 Å². The molecule has 1 N–H and O–H groups in total. The summed E-state index contributed by atoms with van der Waals surface area (Å²) in [6, 6.07) is 11.5. The Balaban J connectivity index is 1.59. The molecule has 0 amide bonds. The van der Waals surface area contributed by atoms with Gasteiger partial charge < -0.3 is 9.26 Å². The highest BCUT2D eigenvalue weighted by Crippen LogP contribution is 2.57. The van der Waals surface area contributed by atoms with Crippen molar-refractivity contribution in [2.45, 2.75) is 30.3 Å². The minimum absolute atomic E-state index is 0.0146. The van der Waals surface area contributed by atoms with Crippen LogP contribution in [0.15, 0.2) is 69.0 Å². The number of aryl methyl sites for hydroxylation is 1. The van der Waals surface area contributed by atoms with Crippen LogP contribution in [0.25, 0.3) is 16.6 Å². The van der Waals surface area contributed by atoms with Gasteiger partial charge in [0, 0.05) is 17.5 Å². The monoisotopic (exact) mass is 519 g/mol. The number of alkyl halides is 3. The number of hydrogen-bond acceptors (Lipinski definition) is 6. The van der Waals surface area contributed by atoms with Gasteiger partial charge in [-0.1, -0.05) is 5.16 Å². The van der Waals surface area contributed by atoms with Crippen molar-refractivity contribution < 1.29 is 30.8 Å². The van der Waals surface area contributed by atoms with Crippen molar-refractivity contribution in [1.82, 2.24) is 9.72 Å². The van der Waals surface area contributed by atoms with Crippen molar-refractivity contribution in [3.8, 4) is 11.4 Å². The molecule has 1 aliphatic carbocycles. The van der Waals surface area contributed by atoms with E-state index in [2.05, 4.69) is 14.4 Å². The van der Waals surface area contributed by atoms with Crippen LogP contribution in [-0.4, -0.2) is 31.4 Å². The zero-order chi connectivity index (χ0) is 25.8. The summed E-state index contributed by atoms with van der Waals surface area (Å²) in [6.07, 6.45) is -3.03. The van der Waals surface area contributed by atoms with Crippen LogP contribution in [0.4, 0.5) is 19.0 Å². The Kier molecular flexibility index (Phi) is 5.58. The van der Waals surface area contributed by atoms with Crippen molar-refractivity contribution in [2.24, 2.45) is 5.92 Å². The molecule has 4 aromatic rings. The predicted molar refractivity (Wildman–Crippen MR) is 125 cm³/mol. The van der Waals surface area contributed by atoms with Gasteiger partial charge in [-0.3, -0.25) is 14.1 Å². The fourth-order valence-corrected chi connectivity index (χ4v) is 5.46. The maximum absolute atomic E-state index is 13.2. The third kappa shape index (κ3) is 4.21. The summed E-state index contributed by atoms with van der Waals surface area (Å²) < 4.78 is 78.7. The first kappa shape index (κ1) is 23.9. The highest BCUT2D eigenvalue weighted by atomic mass is 32.2. The molecular weight excluding hydrogens is 499 g/mol. The fourth-order valence-electron chi connectivity index (χ4n) is 4.43. The van der Waals surface area contributed by atoms with Crippen molar-refractivity contribution in [1.29, 1.82) is 0 Å². The normalized spacial score (nSPS) is 17.8. The zero-order valence-corrected chi connectivity index (χ0v) is 19.9. The van der Waals surface area contributed by atoms with E-state index in [1.54, 1.807) is 19.1 Å². The first-order valence-corrected chi connectivity index (χ1v) is 12.3. The molecule has 0 aliphatic heterocycles. The van der Waals surface area contributed by atoms with E-state index in [0.29, 0.717) is 27.7 Å². The maximum Gasteiger partial charge on any atom is 0.392 e. The van der Waals surface area contributed by atoms with E-state index in [1.165, 1.54) is 54.3 Å². The molecule has 0 bridgehead atoms. The summed E-state index contributed by atoms with van der Waals surface area (Å²) in [5.41, 5.74) is 1.45. The lowest BCUT2D eigenvalue weighted by atomic mass is 10.0. The predicted octanol–water partition coefficient (Wildman–Crippen LogP) is 4.76. The number of hydrogen-bond donors (Lipinski definition) is 1. The van der Waals surface area contributed by atoms with E-state index in [1.807, 2.05) is 0 Å². The number of methoxy groups -OCH3 is 1. The van der Waals surface area contributed by atoms with Gasteiger partial charge in [-0.15, -0.1) is 0 Å². The molecule has 2 heterocycles. The van der Waals surface area contributed by atoms with E-state index in [4.69, 9.17) is 4.74 Å². The number of rotatable bonds is 6. The number of aromatic nitrogens is 2. The summed E-state index contributed by atoms with van der Waals surface area (Å²) in [4.78, 5) is 12.9. The molecule has 8 nitrogen and oxygen atoms in total. The van der Waals surface area contributed by atoms with E-state index in [-0.39, 0.29) is 22.9 Å². The quantitative estimate of drug-likeness (QED) is 0.394. The van der Waals surface area contributed by atoms with Crippen LogP contribution in [0.2, 0.25) is 0 Å². The Bertz CT molecular complexity index is 1630. The van der Waals surface area contributed by atoms with Crippen LogP contribution in [0, 0.1) is 12.8 Å². The number of sulfonamides is 1. The topological polar surface area (TPSA) is 103 Å². The molecule has 5 rings (SSSR count). The molecule has 0 saturated heterocycles. The summed E-state index contributed by atoms with van der Waals surface area (Å²) in [7, 11) is -2.61. The molecule has 2 aromatic heterocycles. The van der Waals surface area contributed by atoms with Crippen LogP contribution < -0.4 is 15.0 Å². The third-order valence-electron chi connectivity index (χ3n) is 6.27. The van der Waals surface area contributed by atoms with E-state index in [9.17, 15) is 26.4 Å². The van der Waals surface area contributed by atoms with Gasteiger partial charge in [-0.25, -0.2) is 8.42 Å². The lowest BCUT2D eigenvalue weighted by molar-refractivity contribution is -0.148. The Labute approximate surface area is 203 Å². The SMILES string of the molecule is COc1cc([C@H]2C[C@@H]2C(F)(F)F)c(C)cc1-n1c(=O)ccc2cc(S(=O)(=O)Nc3ccon3)ccc21. The largest absolute Gasteiger partial charge is 0.495 e. The van der Waals surface area contributed by atoms with Gasteiger partial charge in [-0.2, -0.15) is 13.2 Å². The number of nitrogens with zero attached hydrogens (tertiary/aromatic N) is 2. The Morgan fingerprint density at radius 3 is 2.56 bits per heavy atom. The second-order valence-electron chi connectivity index (χ2n) is 8.59. The van der Waals surface area contributed by atoms with Gasteiger partial charge in [0.05, 0.1) is 29.1 Å². The first-order chi connectivity index (χ1) is 17.0. The average molecular weight is 520 g/mol. The van der Waals surface area contributed by atoms with Crippen LogP contribution in [0.1, 0.15) is 23.5 Å². The summed E-state index contributed by atoms with van der Waals surface area (Å²) in [5, 5.41) is 3.98. The van der Waals surface area contributed by atoms with Crippen LogP contribution >= 0.6 is 0 Å². The molecule has 1 saturated carbocycles. The number of nitrogens with one attached hydrogen (secondary N) is 1. The van der Waals surface area contributed by atoms with Gasteiger partial charge in [0.15, 0.2) is 5.82 Å². The highest BCUT2D eigenvalue weighted by Gasteiger charge is 2.56. The highest BCUT2D eigenvalue weighted by molar-refractivity contribution is 7.92. The average Bonchev–Trinajstić information content (AvgIpc) is 3.48. The minimum atomic E-state index is -4.27. The van der Waals surface area contributed by atoms with E-state index >= 15 is 0 Å². The fraction of sp³-hybridized carbons (Fsp3) is 0.250. The number of benzene rings is 2. The minimum Gasteiger partial charge on any atom is -0.495 e. The van der Waals surface area contributed by atoms with Gasteiger partial charge >= 0.3 is 6.18 Å². The summed E-state index contributed by atoms with van der Waals surface area (Å²) >= 11 is 0. The number of fused-ring (bicyclic) bond motifs is 1. The third-order valence-corrected chi connectivity index (χ3v) is 7.62. The molecule has 1 fully saturated rings. The molecule has 0 spiro atoms. The van der Waals surface area contributed by atoms with Gasteiger partial charge in [0.1, 0.15) is 12.0 Å². The van der Waals surface area contributed by atoms with Crippen LogP contribution in [0.3, 0.4) is 0 Å². The number of ether oxygens (including phenoxy) is 1. The van der Waals surface area contributed by atoms with Crippen molar-refractivity contribution in [3.63, 3.8) is 0 Å². The zero-order valence-electron chi connectivity index (χ0n) is 19.0. The Morgan fingerprint density at radius 1 is 1.14 bits per heavy atom. The number of halogens is 3. The maximum atomic E-state index is 13.2. The van der Waals surface area contributed by atoms with Crippen molar-refractivity contribution >= 4 is 26.7 Å². The Morgan fingerprint density at radius 2 is 1.92 bits per heavy atom. The summed E-state index contributed by atoms with van der Waals surface area (Å²) in [6.45, 7) is 1.69. The molecular formula is C24H20F3N3O5S. The second kappa shape index (κ2) is 8.40. The molecule has 188 valence electrons.